The van der Waals surface area contributed by atoms with Gasteiger partial charge in [-0.3, -0.25) is 10.1 Å². The van der Waals surface area contributed by atoms with Crippen LogP contribution < -0.4 is 10.5 Å². The smallest absolute Gasteiger partial charge is 0.269 e. The number of nitrogens with two attached hydrogens (primary N) is 1. The first-order chi connectivity index (χ1) is 8.56. The first-order valence-electron chi connectivity index (χ1n) is 5.03. The summed E-state index contributed by atoms with van der Waals surface area (Å²) in [4.78, 5) is 9.93. The van der Waals surface area contributed by atoms with Crippen molar-refractivity contribution >= 4 is 11.4 Å². The number of halogens is 1. The standard InChI is InChI=1S/C12H9FN2O3/c13-11-6-1-8(14)7-12(11)18-10-4-2-9(3-5-10)15(16)17/h1-7H,14H2. The Labute approximate surface area is 102 Å². The van der Waals surface area contributed by atoms with Crippen LogP contribution in [0.4, 0.5) is 15.8 Å². The Bertz CT molecular complexity index is 584. The van der Waals surface area contributed by atoms with Gasteiger partial charge in [-0.05, 0) is 24.3 Å². The summed E-state index contributed by atoms with van der Waals surface area (Å²) >= 11 is 0. The van der Waals surface area contributed by atoms with Crippen LogP contribution in [0, 0.1) is 15.9 Å². The van der Waals surface area contributed by atoms with Crippen molar-refractivity contribution in [2.24, 2.45) is 0 Å². The average Bonchev–Trinajstić information content (AvgIpc) is 2.34. The lowest BCUT2D eigenvalue weighted by Crippen LogP contribution is -1.92. The SMILES string of the molecule is Nc1ccc(F)c(Oc2ccc([N+](=O)[O-])cc2)c1. The quantitative estimate of drug-likeness (QED) is 0.514. The van der Waals surface area contributed by atoms with E-state index in [1.807, 2.05) is 0 Å². The Morgan fingerprint density at radius 1 is 1.17 bits per heavy atom. The zero-order valence-corrected chi connectivity index (χ0v) is 9.17. The Balaban J connectivity index is 2.23. The van der Waals surface area contributed by atoms with E-state index >= 15 is 0 Å². The molecule has 5 nitrogen and oxygen atoms in total. The summed E-state index contributed by atoms with van der Waals surface area (Å²) < 4.78 is 18.6. The van der Waals surface area contributed by atoms with Gasteiger partial charge in [0.05, 0.1) is 4.92 Å². The fourth-order valence-corrected chi connectivity index (χ4v) is 1.36. The van der Waals surface area contributed by atoms with E-state index in [9.17, 15) is 14.5 Å². The number of nitrogens with zero attached hydrogens (tertiary/aromatic N) is 1. The lowest BCUT2D eigenvalue weighted by Gasteiger charge is -2.07. The Morgan fingerprint density at radius 3 is 2.44 bits per heavy atom. The van der Waals surface area contributed by atoms with Crippen LogP contribution in [0.3, 0.4) is 0 Å². The molecule has 0 spiro atoms. The number of hydrogen-bond donors (Lipinski definition) is 1. The highest BCUT2D eigenvalue weighted by Gasteiger charge is 2.08. The molecule has 0 fully saturated rings. The molecule has 0 aliphatic carbocycles. The Morgan fingerprint density at radius 2 is 1.83 bits per heavy atom. The van der Waals surface area contributed by atoms with Crippen LogP contribution in [0.15, 0.2) is 42.5 Å². The first kappa shape index (κ1) is 11.8. The molecule has 0 radical (unpaired) electrons. The zero-order valence-electron chi connectivity index (χ0n) is 9.17. The van der Waals surface area contributed by atoms with E-state index in [-0.39, 0.29) is 11.4 Å². The first-order valence-corrected chi connectivity index (χ1v) is 5.03. The summed E-state index contributed by atoms with van der Waals surface area (Å²) in [6, 6.07) is 9.28. The molecule has 6 heteroatoms. The molecule has 92 valence electrons. The predicted octanol–water partition coefficient (Wildman–Crippen LogP) is 3.11. The normalized spacial score (nSPS) is 10.1. The molecule has 18 heavy (non-hydrogen) atoms. The number of nitro benzene ring substituents is 1. The number of nitrogen functional groups attached to an aromatic ring is 1. The third-order valence-corrected chi connectivity index (χ3v) is 2.23. The second-order valence-corrected chi connectivity index (χ2v) is 3.54. The topological polar surface area (TPSA) is 78.4 Å². The van der Waals surface area contributed by atoms with Crippen molar-refractivity contribution in [1.82, 2.24) is 0 Å². The minimum Gasteiger partial charge on any atom is -0.454 e. The highest BCUT2D eigenvalue weighted by molar-refractivity contribution is 5.46. The summed E-state index contributed by atoms with van der Waals surface area (Å²) in [5.41, 5.74) is 5.82. The molecule has 0 aromatic heterocycles. The molecule has 2 aromatic rings. The molecule has 0 heterocycles. The maximum atomic E-state index is 13.4. The molecule has 0 saturated heterocycles. The van der Waals surface area contributed by atoms with Gasteiger partial charge < -0.3 is 10.5 Å². The van der Waals surface area contributed by atoms with E-state index in [1.165, 1.54) is 42.5 Å². The van der Waals surface area contributed by atoms with Gasteiger partial charge in [-0.15, -0.1) is 0 Å². The second kappa shape index (κ2) is 4.70. The largest absolute Gasteiger partial charge is 0.454 e. The lowest BCUT2D eigenvalue weighted by atomic mass is 10.3. The summed E-state index contributed by atoms with van der Waals surface area (Å²) in [6.45, 7) is 0. The van der Waals surface area contributed by atoms with Crippen LogP contribution >= 0.6 is 0 Å². The Hall–Kier alpha value is -2.63. The van der Waals surface area contributed by atoms with Gasteiger partial charge in [0.2, 0.25) is 0 Å². The van der Waals surface area contributed by atoms with Gasteiger partial charge in [0.25, 0.3) is 5.69 Å². The monoisotopic (exact) mass is 248 g/mol. The number of nitro groups is 1. The van der Waals surface area contributed by atoms with Crippen LogP contribution in [-0.4, -0.2) is 4.92 Å². The van der Waals surface area contributed by atoms with E-state index < -0.39 is 10.7 Å². The molecular weight excluding hydrogens is 239 g/mol. The fraction of sp³-hybridized carbons (Fsp3) is 0. The van der Waals surface area contributed by atoms with Gasteiger partial charge in [-0.1, -0.05) is 0 Å². The number of non-ortho nitro benzene ring substituents is 1. The summed E-state index contributed by atoms with van der Waals surface area (Å²) in [6.07, 6.45) is 0. The molecule has 2 rings (SSSR count). The van der Waals surface area contributed by atoms with Crippen molar-refractivity contribution in [1.29, 1.82) is 0 Å². The van der Waals surface area contributed by atoms with E-state index in [0.29, 0.717) is 11.4 Å². The summed E-state index contributed by atoms with van der Waals surface area (Å²) in [5.74, 6) is -0.281. The minimum atomic E-state index is -0.553. The van der Waals surface area contributed by atoms with Gasteiger partial charge >= 0.3 is 0 Å². The van der Waals surface area contributed by atoms with Crippen LogP contribution in [0.25, 0.3) is 0 Å². The molecule has 0 bridgehead atoms. The van der Waals surface area contributed by atoms with E-state index in [4.69, 9.17) is 10.5 Å². The van der Waals surface area contributed by atoms with Gasteiger partial charge in [0.1, 0.15) is 5.75 Å². The summed E-state index contributed by atoms with van der Waals surface area (Å²) in [7, 11) is 0. The highest BCUT2D eigenvalue weighted by atomic mass is 19.1. The highest BCUT2D eigenvalue weighted by Crippen LogP contribution is 2.27. The average molecular weight is 248 g/mol. The fourth-order valence-electron chi connectivity index (χ4n) is 1.36. The minimum absolute atomic E-state index is 0.0242. The van der Waals surface area contributed by atoms with Crippen LogP contribution in [0.1, 0.15) is 0 Å². The van der Waals surface area contributed by atoms with Crippen LogP contribution in [0.5, 0.6) is 11.5 Å². The number of ether oxygens (including phenoxy) is 1. The molecule has 0 aliphatic rings. The third kappa shape index (κ3) is 2.54. The van der Waals surface area contributed by atoms with Gasteiger partial charge in [0, 0.05) is 23.9 Å². The van der Waals surface area contributed by atoms with Crippen LogP contribution in [0.2, 0.25) is 0 Å². The van der Waals surface area contributed by atoms with E-state index in [1.54, 1.807) is 0 Å². The molecular formula is C12H9FN2O3. The van der Waals surface area contributed by atoms with Crippen molar-refractivity contribution in [2.45, 2.75) is 0 Å². The molecule has 0 amide bonds. The van der Waals surface area contributed by atoms with Gasteiger partial charge in [-0.2, -0.15) is 0 Å². The number of benzene rings is 2. The van der Waals surface area contributed by atoms with Crippen molar-refractivity contribution in [3.63, 3.8) is 0 Å². The van der Waals surface area contributed by atoms with Crippen molar-refractivity contribution in [3.8, 4) is 11.5 Å². The van der Waals surface area contributed by atoms with Crippen molar-refractivity contribution < 1.29 is 14.1 Å². The summed E-state index contributed by atoms with van der Waals surface area (Å²) in [5, 5.41) is 10.5. The Kier molecular flexibility index (Phi) is 3.09. The van der Waals surface area contributed by atoms with Crippen molar-refractivity contribution in [3.05, 3.63) is 58.4 Å². The lowest BCUT2D eigenvalue weighted by molar-refractivity contribution is -0.384. The zero-order chi connectivity index (χ0) is 13.1. The molecule has 2 aromatic carbocycles. The number of hydrogen-bond acceptors (Lipinski definition) is 4. The van der Waals surface area contributed by atoms with E-state index in [2.05, 4.69) is 0 Å². The van der Waals surface area contributed by atoms with E-state index in [0.717, 1.165) is 0 Å². The number of rotatable bonds is 3. The van der Waals surface area contributed by atoms with Gasteiger partial charge in [0.15, 0.2) is 11.6 Å². The van der Waals surface area contributed by atoms with Crippen LogP contribution in [-0.2, 0) is 0 Å². The molecule has 2 N–H and O–H groups in total. The molecule has 0 atom stereocenters. The maximum absolute atomic E-state index is 13.4. The third-order valence-electron chi connectivity index (χ3n) is 2.23. The second-order valence-electron chi connectivity index (χ2n) is 3.54. The maximum Gasteiger partial charge on any atom is 0.269 e. The number of anilines is 1. The molecule has 0 saturated carbocycles. The van der Waals surface area contributed by atoms with Gasteiger partial charge in [-0.25, -0.2) is 4.39 Å². The molecule has 0 aliphatic heterocycles. The molecule has 0 unspecified atom stereocenters. The van der Waals surface area contributed by atoms with Crippen molar-refractivity contribution in [2.75, 3.05) is 5.73 Å². The predicted molar refractivity (Wildman–Crippen MR) is 64.0 cm³/mol.